The van der Waals surface area contributed by atoms with Gasteiger partial charge in [-0.2, -0.15) is 0 Å². The molecule has 0 saturated carbocycles. The van der Waals surface area contributed by atoms with Crippen molar-refractivity contribution >= 4 is 0 Å². The Labute approximate surface area is 91.6 Å². The van der Waals surface area contributed by atoms with E-state index in [1.807, 2.05) is 30.3 Å². The molecule has 1 aromatic carbocycles. The zero-order valence-corrected chi connectivity index (χ0v) is 9.11. The van der Waals surface area contributed by atoms with Gasteiger partial charge in [-0.15, -0.1) is 0 Å². The van der Waals surface area contributed by atoms with Gasteiger partial charge in [0.15, 0.2) is 0 Å². The van der Waals surface area contributed by atoms with E-state index in [2.05, 4.69) is 5.32 Å². The van der Waals surface area contributed by atoms with Gasteiger partial charge in [0.2, 0.25) is 0 Å². The Hall–Kier alpha value is -1.02. The molecule has 1 N–H and O–H groups in total. The maximum absolute atomic E-state index is 5.64. The second kappa shape index (κ2) is 5.76. The number of hydrogen-bond donors (Lipinski definition) is 1. The molecule has 1 heterocycles. The van der Waals surface area contributed by atoms with Crippen LogP contribution in [0.15, 0.2) is 30.3 Å². The lowest BCUT2D eigenvalue weighted by Crippen LogP contribution is -2.21. The van der Waals surface area contributed by atoms with Crippen LogP contribution in [0.3, 0.4) is 0 Å². The molecular weight excluding hydrogens is 186 g/mol. The number of para-hydroxylation sites is 1. The molecule has 0 aromatic heterocycles. The van der Waals surface area contributed by atoms with Gasteiger partial charge in [0.25, 0.3) is 0 Å². The summed E-state index contributed by atoms with van der Waals surface area (Å²) in [6.45, 7) is 2.03. The molecule has 0 spiro atoms. The molecule has 1 aromatic rings. The highest BCUT2D eigenvalue weighted by atomic mass is 16.5. The summed E-state index contributed by atoms with van der Waals surface area (Å²) < 4.78 is 5.64. The van der Waals surface area contributed by atoms with Crippen LogP contribution >= 0.6 is 0 Å². The van der Waals surface area contributed by atoms with E-state index in [1.54, 1.807) is 0 Å². The van der Waals surface area contributed by atoms with Crippen molar-refractivity contribution in [1.82, 2.24) is 5.32 Å². The number of rotatable bonds is 5. The van der Waals surface area contributed by atoms with Crippen molar-refractivity contribution in [2.24, 2.45) is 0 Å². The minimum absolute atomic E-state index is 0.740. The Kier molecular flexibility index (Phi) is 4.03. The first-order valence-corrected chi connectivity index (χ1v) is 5.86. The van der Waals surface area contributed by atoms with Crippen LogP contribution in [0, 0.1) is 0 Å². The molecule has 1 unspecified atom stereocenters. The second-order valence-corrected chi connectivity index (χ2v) is 4.10. The average molecular weight is 205 g/mol. The summed E-state index contributed by atoms with van der Waals surface area (Å²) in [4.78, 5) is 0. The third kappa shape index (κ3) is 3.56. The molecule has 1 atom stereocenters. The summed E-state index contributed by atoms with van der Waals surface area (Å²) in [6, 6.07) is 10.8. The van der Waals surface area contributed by atoms with Gasteiger partial charge >= 0.3 is 0 Å². The first-order chi connectivity index (χ1) is 7.45. The lowest BCUT2D eigenvalue weighted by molar-refractivity contribution is 0.299. The zero-order chi connectivity index (χ0) is 10.3. The molecule has 2 rings (SSSR count). The molecule has 0 aliphatic carbocycles. The lowest BCUT2D eigenvalue weighted by Gasteiger charge is -2.10. The van der Waals surface area contributed by atoms with E-state index < -0.39 is 0 Å². The van der Waals surface area contributed by atoms with E-state index in [0.29, 0.717) is 0 Å². The number of nitrogens with one attached hydrogen (secondary N) is 1. The van der Waals surface area contributed by atoms with E-state index in [4.69, 9.17) is 4.74 Å². The summed E-state index contributed by atoms with van der Waals surface area (Å²) in [5, 5.41) is 3.50. The van der Waals surface area contributed by atoms with E-state index in [1.165, 1.54) is 25.8 Å². The van der Waals surface area contributed by atoms with Gasteiger partial charge < -0.3 is 10.1 Å². The van der Waals surface area contributed by atoms with Crippen molar-refractivity contribution in [3.05, 3.63) is 30.3 Å². The van der Waals surface area contributed by atoms with E-state index in [9.17, 15) is 0 Å². The smallest absolute Gasteiger partial charge is 0.119 e. The summed E-state index contributed by atoms with van der Waals surface area (Å²) in [5.41, 5.74) is 0. The highest BCUT2D eigenvalue weighted by Gasteiger charge is 2.12. The first kappa shape index (κ1) is 10.5. The van der Waals surface area contributed by atoms with Gasteiger partial charge in [0.05, 0.1) is 6.61 Å². The van der Waals surface area contributed by atoms with Crippen molar-refractivity contribution < 1.29 is 4.74 Å². The molecule has 2 heteroatoms. The second-order valence-electron chi connectivity index (χ2n) is 4.10. The normalized spacial score (nSPS) is 20.4. The maximum Gasteiger partial charge on any atom is 0.119 e. The number of hydrogen-bond acceptors (Lipinski definition) is 2. The Balaban J connectivity index is 1.59. The van der Waals surface area contributed by atoms with Crippen molar-refractivity contribution in [2.45, 2.75) is 31.7 Å². The van der Waals surface area contributed by atoms with Gasteiger partial charge in [0.1, 0.15) is 5.75 Å². The lowest BCUT2D eigenvalue weighted by atomic mass is 10.1. The Morgan fingerprint density at radius 1 is 1.27 bits per heavy atom. The molecule has 1 aliphatic rings. The quantitative estimate of drug-likeness (QED) is 0.746. The third-order valence-electron chi connectivity index (χ3n) is 2.87. The van der Waals surface area contributed by atoms with E-state index in [0.717, 1.165) is 24.8 Å². The monoisotopic (exact) mass is 205 g/mol. The van der Waals surface area contributed by atoms with Crippen molar-refractivity contribution in [2.75, 3.05) is 13.2 Å². The van der Waals surface area contributed by atoms with Crippen LogP contribution < -0.4 is 10.1 Å². The molecule has 1 aliphatic heterocycles. The van der Waals surface area contributed by atoms with Gasteiger partial charge in [-0.25, -0.2) is 0 Å². The van der Waals surface area contributed by atoms with Crippen LogP contribution in [0.25, 0.3) is 0 Å². The zero-order valence-electron chi connectivity index (χ0n) is 9.11. The van der Waals surface area contributed by atoms with Gasteiger partial charge in [-0.3, -0.25) is 0 Å². The molecule has 0 bridgehead atoms. The van der Waals surface area contributed by atoms with Crippen LogP contribution in [0.1, 0.15) is 25.7 Å². The van der Waals surface area contributed by atoms with Crippen LogP contribution in [-0.4, -0.2) is 19.2 Å². The highest BCUT2D eigenvalue weighted by Crippen LogP contribution is 2.12. The van der Waals surface area contributed by atoms with Crippen molar-refractivity contribution in [3.8, 4) is 5.75 Å². The third-order valence-corrected chi connectivity index (χ3v) is 2.87. The molecule has 15 heavy (non-hydrogen) atoms. The summed E-state index contributed by atoms with van der Waals surface area (Å²) >= 11 is 0. The van der Waals surface area contributed by atoms with Gasteiger partial charge in [-0.05, 0) is 44.4 Å². The fraction of sp³-hybridized carbons (Fsp3) is 0.538. The van der Waals surface area contributed by atoms with E-state index in [-0.39, 0.29) is 0 Å². The van der Waals surface area contributed by atoms with Crippen LogP contribution in [-0.2, 0) is 0 Å². The van der Waals surface area contributed by atoms with Crippen molar-refractivity contribution in [1.29, 1.82) is 0 Å². The van der Waals surface area contributed by atoms with Crippen LogP contribution in [0.4, 0.5) is 0 Å². The predicted octanol–water partition coefficient (Wildman–Crippen LogP) is 2.60. The molecule has 0 amide bonds. The SMILES string of the molecule is c1ccc(OCCCC2CCCN2)cc1. The summed E-state index contributed by atoms with van der Waals surface area (Å²) in [5.74, 6) is 0.983. The Bertz CT molecular complexity index is 267. The predicted molar refractivity (Wildman–Crippen MR) is 62.2 cm³/mol. The largest absolute Gasteiger partial charge is 0.494 e. The van der Waals surface area contributed by atoms with Gasteiger partial charge in [0, 0.05) is 6.04 Å². The molecular formula is C13H19NO. The molecule has 82 valence electrons. The Morgan fingerprint density at radius 2 is 2.13 bits per heavy atom. The maximum atomic E-state index is 5.64. The first-order valence-electron chi connectivity index (χ1n) is 5.86. The number of ether oxygens (including phenoxy) is 1. The summed E-state index contributed by atoms with van der Waals surface area (Å²) in [7, 11) is 0. The van der Waals surface area contributed by atoms with Crippen molar-refractivity contribution in [3.63, 3.8) is 0 Å². The van der Waals surface area contributed by atoms with Gasteiger partial charge in [-0.1, -0.05) is 18.2 Å². The molecule has 0 radical (unpaired) electrons. The standard InChI is InChI=1S/C13H19NO/c1-2-8-13(9-3-1)15-11-5-7-12-6-4-10-14-12/h1-3,8-9,12,14H,4-7,10-11H2. The van der Waals surface area contributed by atoms with E-state index >= 15 is 0 Å². The fourth-order valence-electron chi connectivity index (χ4n) is 2.04. The minimum Gasteiger partial charge on any atom is -0.494 e. The average Bonchev–Trinajstić information content (AvgIpc) is 2.79. The van der Waals surface area contributed by atoms with Crippen LogP contribution in [0.2, 0.25) is 0 Å². The molecule has 1 saturated heterocycles. The molecule has 2 nitrogen and oxygen atoms in total. The summed E-state index contributed by atoms with van der Waals surface area (Å²) in [6.07, 6.45) is 5.06. The topological polar surface area (TPSA) is 21.3 Å². The molecule has 1 fully saturated rings. The Morgan fingerprint density at radius 3 is 2.87 bits per heavy atom. The fourth-order valence-corrected chi connectivity index (χ4v) is 2.04. The minimum atomic E-state index is 0.740. The highest BCUT2D eigenvalue weighted by molar-refractivity contribution is 5.20. The number of benzene rings is 1. The van der Waals surface area contributed by atoms with Crippen LogP contribution in [0.5, 0.6) is 5.75 Å².